The van der Waals surface area contributed by atoms with Crippen molar-refractivity contribution in [1.82, 2.24) is 4.68 Å². The van der Waals surface area contributed by atoms with E-state index in [-0.39, 0.29) is 50.5 Å². The molecule has 10 nitrogen and oxygen atoms in total. The van der Waals surface area contributed by atoms with Gasteiger partial charge in [0.1, 0.15) is 17.4 Å². The number of rotatable bonds is 8. The largest absolute Gasteiger partial charge is 0.507 e. The van der Waals surface area contributed by atoms with E-state index in [4.69, 9.17) is 0 Å². The van der Waals surface area contributed by atoms with Crippen LogP contribution >= 0.6 is 0 Å². The number of fused-ring (bicyclic) bond motifs is 2. The number of benzene rings is 2. The van der Waals surface area contributed by atoms with Gasteiger partial charge in [-0.15, -0.1) is 10.2 Å². The number of pyridine rings is 1. The summed E-state index contributed by atoms with van der Waals surface area (Å²) in [7, 11) is 0. The van der Waals surface area contributed by atoms with Gasteiger partial charge in [-0.25, -0.2) is 0 Å². The molecule has 188 valence electrons. The van der Waals surface area contributed by atoms with Gasteiger partial charge in [-0.3, -0.25) is 14.4 Å². The number of carbonyl (C=O) groups is 2. The van der Waals surface area contributed by atoms with Crippen LogP contribution in [0.5, 0.6) is 11.6 Å². The zero-order chi connectivity index (χ0) is 26.7. The molecular formula is C27H25N5O5. The second-order valence-electron chi connectivity index (χ2n) is 8.65. The second-order valence-corrected chi connectivity index (χ2v) is 8.65. The lowest BCUT2D eigenvalue weighted by atomic mass is 9.83. The quantitative estimate of drug-likeness (QED) is 0.233. The maximum atomic E-state index is 13.2. The third-order valence-electron chi connectivity index (χ3n) is 6.27. The van der Waals surface area contributed by atoms with E-state index in [1.54, 1.807) is 0 Å². The summed E-state index contributed by atoms with van der Waals surface area (Å²) >= 11 is 0. The van der Waals surface area contributed by atoms with Crippen LogP contribution in [-0.2, 0) is 0 Å². The third-order valence-corrected chi connectivity index (χ3v) is 6.27. The first-order chi connectivity index (χ1) is 17.8. The molecular weight excluding hydrogens is 474 g/mol. The Balaban J connectivity index is 1.76. The third kappa shape index (κ3) is 4.47. The lowest BCUT2D eigenvalue weighted by Gasteiger charge is -2.19. The Labute approximate surface area is 212 Å². The van der Waals surface area contributed by atoms with Gasteiger partial charge >= 0.3 is 0 Å². The minimum Gasteiger partial charge on any atom is -0.507 e. The number of unbranched alkanes of at least 4 members (excludes halogenated alkanes) is 3. The van der Waals surface area contributed by atoms with Crippen LogP contribution in [0.15, 0.2) is 51.4 Å². The molecule has 10 heteroatoms. The number of azo groups is 1. The van der Waals surface area contributed by atoms with E-state index >= 15 is 0 Å². The fourth-order valence-electron chi connectivity index (χ4n) is 4.29. The van der Waals surface area contributed by atoms with Gasteiger partial charge in [-0.2, -0.15) is 9.94 Å². The normalized spacial score (nSPS) is 12.4. The van der Waals surface area contributed by atoms with Crippen molar-refractivity contribution in [3.63, 3.8) is 0 Å². The highest BCUT2D eigenvalue weighted by Crippen LogP contribution is 2.37. The predicted molar refractivity (Wildman–Crippen MR) is 136 cm³/mol. The molecule has 3 aromatic rings. The molecule has 1 heterocycles. The van der Waals surface area contributed by atoms with Crippen molar-refractivity contribution in [2.24, 2.45) is 10.2 Å². The maximum Gasteiger partial charge on any atom is 0.300 e. The number of nitrogens with zero attached hydrogens (tertiary/aromatic N) is 4. The van der Waals surface area contributed by atoms with Crippen LogP contribution in [0.1, 0.15) is 75.6 Å². The van der Waals surface area contributed by atoms with E-state index in [9.17, 15) is 29.9 Å². The summed E-state index contributed by atoms with van der Waals surface area (Å²) < 4.78 is 0.875. The lowest BCUT2D eigenvalue weighted by molar-refractivity contribution is 0.0977. The molecule has 0 atom stereocenters. The van der Waals surface area contributed by atoms with Crippen molar-refractivity contribution in [2.45, 2.75) is 39.5 Å². The van der Waals surface area contributed by atoms with E-state index in [1.807, 2.05) is 6.07 Å². The standard InChI is InChI=1S/C27H25N5O5/c1-3-4-5-6-13-29-32-26(36)18(14-28)15(2)23(27(32)37)31-30-19-11-7-9-16-21(19)24(34)17-10-8-12-20(33)22(17)25(16)35/h7-12,29,33,36H,3-6,13H2,1-2H3. The summed E-state index contributed by atoms with van der Waals surface area (Å²) in [5, 5.41) is 38.4. The second kappa shape index (κ2) is 10.5. The SMILES string of the molecule is CCCCCCNn1c(O)c(C#N)c(C)c(N=Nc2cccc3c2C(=O)c2cccc(O)c2C3=O)c1=O. The van der Waals surface area contributed by atoms with Gasteiger partial charge in [0.25, 0.3) is 5.56 Å². The molecule has 0 unspecified atom stereocenters. The van der Waals surface area contributed by atoms with Gasteiger partial charge in [0, 0.05) is 23.2 Å². The van der Waals surface area contributed by atoms with Crippen LogP contribution in [0.25, 0.3) is 0 Å². The van der Waals surface area contributed by atoms with Crippen molar-refractivity contribution >= 4 is 22.9 Å². The summed E-state index contributed by atoms with van der Waals surface area (Å²) in [4.78, 5) is 39.4. The molecule has 4 rings (SSSR count). The zero-order valence-corrected chi connectivity index (χ0v) is 20.4. The van der Waals surface area contributed by atoms with Crippen LogP contribution < -0.4 is 11.0 Å². The number of nitriles is 1. The first-order valence-electron chi connectivity index (χ1n) is 11.9. The topological polar surface area (TPSA) is 157 Å². The number of hydrogen-bond donors (Lipinski definition) is 3. The number of ketones is 2. The zero-order valence-electron chi connectivity index (χ0n) is 20.4. The molecule has 1 aliphatic carbocycles. The number of carbonyl (C=O) groups excluding carboxylic acids is 2. The summed E-state index contributed by atoms with van der Waals surface area (Å²) in [6.07, 6.45) is 3.78. The lowest BCUT2D eigenvalue weighted by Crippen LogP contribution is -2.30. The highest BCUT2D eigenvalue weighted by molar-refractivity contribution is 6.30. The molecule has 0 spiro atoms. The molecule has 0 radical (unpaired) electrons. The highest BCUT2D eigenvalue weighted by Gasteiger charge is 2.33. The molecule has 0 bridgehead atoms. The summed E-state index contributed by atoms with van der Waals surface area (Å²) in [5.41, 5.74) is 2.00. The van der Waals surface area contributed by atoms with Gasteiger partial charge in [-0.05, 0) is 25.5 Å². The van der Waals surface area contributed by atoms with Gasteiger partial charge in [-0.1, -0.05) is 50.5 Å². The Kier molecular flexibility index (Phi) is 7.15. The molecule has 0 saturated heterocycles. The number of phenols is 1. The molecule has 0 aliphatic heterocycles. The van der Waals surface area contributed by atoms with Crippen molar-refractivity contribution in [1.29, 1.82) is 5.26 Å². The van der Waals surface area contributed by atoms with Crippen molar-refractivity contribution in [3.8, 4) is 17.7 Å². The molecule has 1 aromatic heterocycles. The first kappa shape index (κ1) is 25.3. The average molecular weight is 500 g/mol. The summed E-state index contributed by atoms with van der Waals surface area (Å²) in [6.45, 7) is 3.94. The number of aromatic nitrogens is 1. The highest BCUT2D eigenvalue weighted by atomic mass is 16.3. The van der Waals surface area contributed by atoms with E-state index in [1.165, 1.54) is 43.3 Å². The average Bonchev–Trinajstić information content (AvgIpc) is 2.88. The smallest absolute Gasteiger partial charge is 0.300 e. The van der Waals surface area contributed by atoms with E-state index in [0.29, 0.717) is 6.54 Å². The van der Waals surface area contributed by atoms with E-state index in [0.717, 1.165) is 30.4 Å². The minimum absolute atomic E-state index is 0.000614. The van der Waals surface area contributed by atoms with Crippen LogP contribution in [0.4, 0.5) is 11.4 Å². The summed E-state index contributed by atoms with van der Waals surface area (Å²) in [5.74, 6) is -1.85. The van der Waals surface area contributed by atoms with E-state index < -0.39 is 23.0 Å². The van der Waals surface area contributed by atoms with Crippen molar-refractivity contribution in [2.75, 3.05) is 12.0 Å². The minimum atomic E-state index is -0.712. The molecule has 3 N–H and O–H groups in total. The van der Waals surface area contributed by atoms with E-state index in [2.05, 4.69) is 22.6 Å². The molecule has 0 saturated carbocycles. The Morgan fingerprint density at radius 3 is 2.32 bits per heavy atom. The Morgan fingerprint density at radius 2 is 1.62 bits per heavy atom. The molecule has 37 heavy (non-hydrogen) atoms. The molecule has 0 fully saturated rings. The fraction of sp³-hybridized carbons (Fsp3) is 0.259. The Bertz CT molecular complexity index is 1550. The van der Waals surface area contributed by atoms with Crippen LogP contribution in [0, 0.1) is 18.3 Å². The van der Waals surface area contributed by atoms with Gasteiger partial charge in [0.15, 0.2) is 17.3 Å². The molecule has 0 amide bonds. The summed E-state index contributed by atoms with van der Waals surface area (Å²) in [6, 6.07) is 10.6. The van der Waals surface area contributed by atoms with Crippen molar-refractivity contribution < 1.29 is 19.8 Å². The Morgan fingerprint density at radius 1 is 0.946 bits per heavy atom. The monoisotopic (exact) mass is 499 g/mol. The first-order valence-corrected chi connectivity index (χ1v) is 11.9. The number of nitrogens with one attached hydrogen (secondary N) is 1. The van der Waals surface area contributed by atoms with Gasteiger partial charge in [0.05, 0.1) is 16.8 Å². The van der Waals surface area contributed by atoms with Crippen molar-refractivity contribution in [3.05, 3.63) is 80.1 Å². The maximum absolute atomic E-state index is 13.2. The van der Waals surface area contributed by atoms with Gasteiger partial charge < -0.3 is 15.6 Å². The number of hydrogen-bond acceptors (Lipinski definition) is 9. The Hall–Kier alpha value is -4.78. The fourth-order valence-corrected chi connectivity index (χ4v) is 4.29. The predicted octanol–water partition coefficient (Wildman–Crippen LogP) is 4.75. The van der Waals surface area contributed by atoms with Crippen LogP contribution in [0.2, 0.25) is 0 Å². The van der Waals surface area contributed by atoms with Crippen LogP contribution in [-0.4, -0.2) is 33.0 Å². The molecule has 2 aromatic carbocycles. The number of aromatic hydroxyl groups is 2. The van der Waals surface area contributed by atoms with Crippen LogP contribution in [0.3, 0.4) is 0 Å². The molecule has 1 aliphatic rings. The number of phenolic OH excluding ortho intramolecular Hbond substituents is 1. The van der Waals surface area contributed by atoms with Gasteiger partial charge in [0.2, 0.25) is 5.88 Å².